The number of ether oxygens (including phenoxy) is 1. The lowest BCUT2D eigenvalue weighted by Gasteiger charge is -2.47. The first kappa shape index (κ1) is 20.5. The van der Waals surface area contributed by atoms with Crippen LogP contribution in [0, 0.1) is 22.7 Å². The summed E-state index contributed by atoms with van der Waals surface area (Å²) in [4.78, 5) is 27.3. The zero-order valence-corrected chi connectivity index (χ0v) is 16.4. The maximum Gasteiger partial charge on any atom is 0.408 e. The highest BCUT2D eigenvalue weighted by molar-refractivity contribution is 5.88. The summed E-state index contributed by atoms with van der Waals surface area (Å²) in [6.45, 7) is 9.02. The van der Waals surface area contributed by atoms with E-state index < -0.39 is 29.2 Å². The fourth-order valence-electron chi connectivity index (χ4n) is 3.91. The normalized spacial score (nSPS) is 28.7. The van der Waals surface area contributed by atoms with Crippen LogP contribution in [0.1, 0.15) is 60.3 Å². The molecule has 0 aromatic heterocycles. The van der Waals surface area contributed by atoms with Crippen molar-refractivity contribution in [2.45, 2.75) is 84.0 Å². The van der Waals surface area contributed by atoms with Crippen LogP contribution < -0.4 is 5.32 Å². The van der Waals surface area contributed by atoms with Crippen LogP contribution in [-0.4, -0.2) is 52.3 Å². The summed E-state index contributed by atoms with van der Waals surface area (Å²) in [5, 5.41) is 22.1. The van der Waals surface area contributed by atoms with E-state index in [1.54, 1.807) is 25.7 Å². The Kier molecular flexibility index (Phi) is 5.86. The van der Waals surface area contributed by atoms with Gasteiger partial charge in [-0.3, -0.25) is 4.79 Å². The van der Waals surface area contributed by atoms with Crippen LogP contribution >= 0.6 is 0 Å². The Morgan fingerprint density at radius 3 is 2.42 bits per heavy atom. The van der Waals surface area contributed by atoms with Gasteiger partial charge in [-0.15, -0.1) is 0 Å². The first-order valence-electron chi connectivity index (χ1n) is 9.37. The molecule has 2 amide bonds. The molecule has 1 saturated carbocycles. The average molecular weight is 365 g/mol. The van der Waals surface area contributed by atoms with E-state index in [4.69, 9.17) is 4.74 Å². The Morgan fingerprint density at radius 1 is 1.38 bits per heavy atom. The zero-order valence-electron chi connectivity index (χ0n) is 16.4. The van der Waals surface area contributed by atoms with Crippen LogP contribution in [0.2, 0.25) is 0 Å². The third-order valence-corrected chi connectivity index (χ3v) is 5.78. The lowest BCUT2D eigenvalue weighted by molar-refractivity contribution is -0.143. The van der Waals surface area contributed by atoms with Crippen molar-refractivity contribution >= 4 is 12.0 Å². The smallest absolute Gasteiger partial charge is 0.408 e. The molecular weight excluding hydrogens is 334 g/mol. The van der Waals surface area contributed by atoms with Gasteiger partial charge in [-0.05, 0) is 52.9 Å². The number of nitrogens with zero attached hydrogens (tertiary/aromatic N) is 2. The number of likely N-dealkylation sites (tertiary alicyclic amines) is 1. The first-order chi connectivity index (χ1) is 12.0. The van der Waals surface area contributed by atoms with Gasteiger partial charge in [0.25, 0.3) is 0 Å². The number of alkyl carbamates (subject to hydrolysis) is 1. The quantitative estimate of drug-likeness (QED) is 0.795. The lowest BCUT2D eigenvalue weighted by Crippen LogP contribution is -2.62. The molecule has 2 rings (SSSR count). The predicted octanol–water partition coefficient (Wildman–Crippen LogP) is 2.19. The van der Waals surface area contributed by atoms with E-state index in [-0.39, 0.29) is 24.5 Å². The molecule has 4 atom stereocenters. The fraction of sp³-hybridized carbons (Fsp3) is 0.842. The number of nitrogens with one attached hydrogen (secondary N) is 1. The van der Waals surface area contributed by atoms with Crippen molar-refractivity contribution in [3.8, 4) is 6.07 Å². The molecule has 0 spiro atoms. The van der Waals surface area contributed by atoms with Gasteiger partial charge in [0.2, 0.25) is 5.91 Å². The summed E-state index contributed by atoms with van der Waals surface area (Å²) in [6.07, 6.45) is 2.15. The molecule has 1 unspecified atom stereocenters. The number of hydrogen-bond donors (Lipinski definition) is 2. The minimum atomic E-state index is -0.889. The van der Waals surface area contributed by atoms with E-state index >= 15 is 0 Å². The zero-order chi connectivity index (χ0) is 19.7. The molecule has 0 aromatic rings. The number of hydrogen-bond acceptors (Lipinski definition) is 5. The molecule has 1 aliphatic heterocycles. The molecule has 7 nitrogen and oxygen atoms in total. The van der Waals surface area contributed by atoms with Crippen LogP contribution in [0.15, 0.2) is 0 Å². The minimum absolute atomic E-state index is 0.0918. The molecule has 1 heterocycles. The van der Waals surface area contributed by atoms with Gasteiger partial charge >= 0.3 is 6.09 Å². The predicted molar refractivity (Wildman–Crippen MR) is 96.0 cm³/mol. The Labute approximate surface area is 155 Å². The molecule has 146 valence electrons. The highest BCUT2D eigenvalue weighted by Gasteiger charge is 2.52. The lowest BCUT2D eigenvalue weighted by atomic mass is 9.64. The number of carbonyl (C=O) groups excluding carboxylic acids is 2. The van der Waals surface area contributed by atoms with Gasteiger partial charge in [-0.2, -0.15) is 5.26 Å². The van der Waals surface area contributed by atoms with E-state index in [1.165, 1.54) is 0 Å². The van der Waals surface area contributed by atoms with Crippen molar-refractivity contribution in [1.82, 2.24) is 10.2 Å². The second-order valence-electron chi connectivity index (χ2n) is 8.80. The van der Waals surface area contributed by atoms with Gasteiger partial charge in [0.15, 0.2) is 0 Å². The van der Waals surface area contributed by atoms with E-state index in [2.05, 4.69) is 11.4 Å². The molecule has 7 heteroatoms. The third-order valence-electron chi connectivity index (χ3n) is 5.78. The largest absolute Gasteiger partial charge is 0.444 e. The summed E-state index contributed by atoms with van der Waals surface area (Å²) < 4.78 is 5.32. The molecule has 2 fully saturated rings. The van der Waals surface area contributed by atoms with Crippen molar-refractivity contribution in [3.63, 3.8) is 0 Å². The summed E-state index contributed by atoms with van der Waals surface area (Å²) in [7, 11) is 0. The van der Waals surface area contributed by atoms with Gasteiger partial charge < -0.3 is 20.1 Å². The Hall–Kier alpha value is -1.81. The van der Waals surface area contributed by atoms with Crippen molar-refractivity contribution < 1.29 is 19.4 Å². The number of rotatable bonds is 4. The van der Waals surface area contributed by atoms with Crippen molar-refractivity contribution in [2.75, 3.05) is 6.61 Å². The summed E-state index contributed by atoms with van der Waals surface area (Å²) in [5.41, 5.74) is -1.37. The Balaban J connectivity index is 2.27. The van der Waals surface area contributed by atoms with Crippen LogP contribution in [-0.2, 0) is 9.53 Å². The van der Waals surface area contributed by atoms with Gasteiger partial charge in [0.1, 0.15) is 17.7 Å². The number of carbonyl (C=O) groups is 2. The van der Waals surface area contributed by atoms with Gasteiger partial charge in [0, 0.05) is 11.5 Å². The average Bonchev–Trinajstić information content (AvgIpc) is 2.78. The molecule has 2 N–H and O–H groups in total. The summed E-state index contributed by atoms with van der Waals surface area (Å²) in [6, 6.07) is 0.717. The van der Waals surface area contributed by atoms with Crippen LogP contribution in [0.4, 0.5) is 4.79 Å². The number of nitriles is 1. The molecule has 2 aliphatic rings. The topological polar surface area (TPSA) is 103 Å². The van der Waals surface area contributed by atoms with E-state index in [1.807, 2.05) is 13.8 Å². The van der Waals surface area contributed by atoms with E-state index in [9.17, 15) is 20.0 Å². The standard InChI is InChI=1S/C19H31N3O4/c1-12-9-14(10-20)22(13(12)2)16(24)15(19(11-23)7-6-8-19)21-17(25)26-18(3,4)5/h12-15,23H,6-9,11H2,1-5H3,(H,21,25)/t12-,13?,14-,15+/m0/s1. The summed E-state index contributed by atoms with van der Waals surface area (Å²) in [5.74, 6) is -0.0924. The van der Waals surface area contributed by atoms with Gasteiger partial charge in [-0.25, -0.2) is 4.79 Å². The van der Waals surface area contributed by atoms with Gasteiger partial charge in [0.05, 0.1) is 12.7 Å². The molecule has 1 saturated heterocycles. The monoisotopic (exact) mass is 365 g/mol. The molecule has 0 bridgehead atoms. The fourth-order valence-corrected chi connectivity index (χ4v) is 3.91. The second kappa shape index (κ2) is 7.43. The van der Waals surface area contributed by atoms with Crippen molar-refractivity contribution in [1.29, 1.82) is 5.26 Å². The molecule has 0 aromatic carbocycles. The van der Waals surface area contributed by atoms with Crippen molar-refractivity contribution in [3.05, 3.63) is 0 Å². The van der Waals surface area contributed by atoms with E-state index in [0.29, 0.717) is 19.3 Å². The Morgan fingerprint density at radius 2 is 2.00 bits per heavy atom. The highest BCUT2D eigenvalue weighted by atomic mass is 16.6. The number of amides is 2. The molecule has 26 heavy (non-hydrogen) atoms. The van der Waals surface area contributed by atoms with E-state index in [0.717, 1.165) is 6.42 Å². The third kappa shape index (κ3) is 3.96. The van der Waals surface area contributed by atoms with Crippen LogP contribution in [0.5, 0.6) is 0 Å². The maximum atomic E-state index is 13.4. The van der Waals surface area contributed by atoms with Gasteiger partial charge in [-0.1, -0.05) is 13.3 Å². The Bertz CT molecular complexity index is 583. The first-order valence-corrected chi connectivity index (χ1v) is 9.37. The number of aliphatic hydroxyl groups is 1. The number of aliphatic hydroxyl groups excluding tert-OH is 1. The van der Waals surface area contributed by atoms with Crippen molar-refractivity contribution in [2.24, 2.45) is 11.3 Å². The molecular formula is C19H31N3O4. The SMILES string of the molecule is CC1[C@@H](C)C[C@@H](C#N)N1C(=O)[C@@H](NC(=O)OC(C)(C)C)C1(CO)CCC1. The minimum Gasteiger partial charge on any atom is -0.444 e. The molecule has 0 radical (unpaired) electrons. The maximum absolute atomic E-state index is 13.4. The highest BCUT2D eigenvalue weighted by Crippen LogP contribution is 2.45. The second-order valence-corrected chi connectivity index (χ2v) is 8.80. The van der Waals surface area contributed by atoms with Crippen LogP contribution in [0.3, 0.4) is 0 Å². The molecule has 1 aliphatic carbocycles. The summed E-state index contributed by atoms with van der Waals surface area (Å²) >= 11 is 0. The van der Waals surface area contributed by atoms with Crippen LogP contribution in [0.25, 0.3) is 0 Å².